The molecule has 0 radical (unpaired) electrons. The third kappa shape index (κ3) is 19.9. The van der Waals surface area contributed by atoms with Crippen LogP contribution in [0, 0.1) is 47.1 Å². The predicted molar refractivity (Wildman–Crippen MR) is 524 cm³/mol. The molecule has 4 atom stereocenters. The van der Waals surface area contributed by atoms with Crippen molar-refractivity contribution in [2.24, 2.45) is 0 Å². The van der Waals surface area contributed by atoms with E-state index in [2.05, 4.69) is 19.9 Å². The lowest BCUT2D eigenvalue weighted by Crippen LogP contribution is -2.55. The summed E-state index contributed by atoms with van der Waals surface area (Å²) in [5.41, 5.74) is 4.53. The molecule has 36 heteroatoms. The van der Waals surface area contributed by atoms with E-state index in [1.165, 1.54) is 117 Å². The molecular formula is C110H92F8N16O12. The Morgan fingerprint density at radius 2 is 0.521 bits per heavy atom. The summed E-state index contributed by atoms with van der Waals surface area (Å²) in [4.78, 5) is 127. The topological polar surface area (TPSA) is 293 Å². The number of rotatable bonds is 10. The van der Waals surface area contributed by atoms with Gasteiger partial charge in [0.1, 0.15) is 87.3 Å². The zero-order valence-electron chi connectivity index (χ0n) is 78.1. The smallest absolute Gasteiger partial charge is 0.278 e. The lowest BCUT2D eigenvalue weighted by atomic mass is 9.93. The molecule has 0 aliphatic carbocycles. The minimum atomic E-state index is -0.805. The maximum atomic E-state index is 15.3. The van der Waals surface area contributed by atoms with Crippen molar-refractivity contribution in [1.82, 2.24) is 58.2 Å². The second-order valence-corrected chi connectivity index (χ2v) is 35.3. The van der Waals surface area contributed by atoms with Crippen molar-refractivity contribution in [3.05, 3.63) is 493 Å². The molecule has 22 rings (SSSR count). The van der Waals surface area contributed by atoms with Crippen LogP contribution in [0.25, 0.3) is 0 Å². The molecule has 8 aromatic heterocycles. The van der Waals surface area contributed by atoms with Crippen LogP contribution in [-0.2, 0) is 38.9 Å². The number of hydrogen-bond acceptors (Lipinski definition) is 20. The van der Waals surface area contributed by atoms with Crippen molar-refractivity contribution in [3.8, 4) is 23.0 Å². The first kappa shape index (κ1) is 97.2. The second-order valence-electron chi connectivity index (χ2n) is 35.3. The van der Waals surface area contributed by atoms with Crippen LogP contribution < -0.4 is 51.2 Å². The van der Waals surface area contributed by atoms with Crippen LogP contribution in [0.4, 0.5) is 35.1 Å². The Kier molecular flexibility index (Phi) is 28.4. The fraction of sp³-hybridized carbons (Fsp3) is 0.200. The Hall–Kier alpha value is -17.6. The van der Waals surface area contributed by atoms with Gasteiger partial charge in [0.05, 0.1) is 22.8 Å². The molecule has 6 aromatic carbocycles. The van der Waals surface area contributed by atoms with Crippen molar-refractivity contribution in [3.63, 3.8) is 0 Å². The third-order valence-corrected chi connectivity index (χ3v) is 26.2. The van der Waals surface area contributed by atoms with Gasteiger partial charge in [0.15, 0.2) is 45.8 Å². The molecule has 0 saturated heterocycles. The molecule has 0 spiro atoms. The summed E-state index contributed by atoms with van der Waals surface area (Å²) >= 11 is 0. The van der Waals surface area contributed by atoms with E-state index in [-0.39, 0.29) is 124 Å². The Balaban J connectivity index is 0.000000123. The summed E-state index contributed by atoms with van der Waals surface area (Å²) in [6.45, 7) is 1.38. The van der Waals surface area contributed by atoms with E-state index in [0.717, 1.165) is 23.3 Å². The van der Waals surface area contributed by atoms with Crippen LogP contribution in [0.5, 0.6) is 23.0 Å². The van der Waals surface area contributed by atoms with Gasteiger partial charge in [-0.3, -0.25) is 77.1 Å². The third-order valence-electron chi connectivity index (χ3n) is 26.2. The number of carbonyl (C=O) groups excluding carboxylic acids is 4. The fourth-order valence-electron chi connectivity index (χ4n) is 19.4. The van der Waals surface area contributed by atoms with Gasteiger partial charge in [-0.25, -0.2) is 37.5 Å². The lowest BCUT2D eigenvalue weighted by molar-refractivity contribution is 0.0690. The van der Waals surface area contributed by atoms with Gasteiger partial charge < -0.3 is 39.3 Å². The van der Waals surface area contributed by atoms with Gasteiger partial charge in [-0.2, -0.15) is 17.6 Å². The standard InChI is InChI=1S/2C31H26F2N4O3.2C24H20F2N4O3/c2*32-24-13-7-12-23-22(24)11-5-2-6-17-35-20-37(28(23)25-14-8-15-27(33)34-25)36-18-16-26(38)30(29(36)31(35)39)40-19-21-9-3-1-4-10-21;2*25-17-8-4-7-16-15(17)6-2-1-3-12-28-14-30(21(16)18-9-5-10-20(26)27-18)29-13-11-19(31)23(32)22(29)24(28)33/h2*1-4,6-10,12-16,18,28H,5,11,17,19-20H2;2*1,3-5,7-11,13,21,32H,2,6,12,14H2/b2*6-2+;2*3-1+/t2*28-;2*21-/m1010/s1. The van der Waals surface area contributed by atoms with E-state index in [0.29, 0.717) is 119 Å². The van der Waals surface area contributed by atoms with Gasteiger partial charge in [0, 0.05) is 75.2 Å². The molecule has 0 saturated carbocycles. The molecular weight excluding hydrogens is 1890 g/mol. The Labute approximate surface area is 829 Å². The number of benzene rings is 6. The molecule has 8 aliphatic rings. The van der Waals surface area contributed by atoms with Crippen LogP contribution in [-0.4, -0.2) is 145 Å². The van der Waals surface area contributed by atoms with Gasteiger partial charge in [-0.15, -0.1) is 0 Å². The summed E-state index contributed by atoms with van der Waals surface area (Å²) in [5, 5.41) is 27.9. The van der Waals surface area contributed by atoms with E-state index in [4.69, 9.17) is 9.47 Å². The number of amides is 4. The van der Waals surface area contributed by atoms with E-state index in [1.54, 1.807) is 136 Å². The summed E-state index contributed by atoms with van der Waals surface area (Å²) in [7, 11) is 0. The van der Waals surface area contributed by atoms with E-state index in [9.17, 15) is 74.9 Å². The molecule has 28 nitrogen and oxygen atoms in total. The van der Waals surface area contributed by atoms with E-state index >= 15 is 8.78 Å². The van der Waals surface area contributed by atoms with Gasteiger partial charge in [0.25, 0.3) is 23.6 Å². The number of carbonyl (C=O) groups is 4. The van der Waals surface area contributed by atoms with Gasteiger partial charge in [-0.1, -0.05) is 182 Å². The molecule has 0 unspecified atom stereocenters. The van der Waals surface area contributed by atoms with Crippen LogP contribution in [0.1, 0.15) is 170 Å². The second kappa shape index (κ2) is 42.7. The van der Waals surface area contributed by atoms with Crippen LogP contribution in [0.15, 0.2) is 323 Å². The normalized spacial score (nSPS) is 18.1. The summed E-state index contributed by atoms with van der Waals surface area (Å²) in [5.74, 6) is -7.62. The van der Waals surface area contributed by atoms with Crippen molar-refractivity contribution >= 4 is 23.6 Å². The van der Waals surface area contributed by atoms with Crippen molar-refractivity contribution < 1.29 is 74.0 Å². The largest absolute Gasteiger partial charge is 0.502 e. The molecule has 2 N–H and O–H groups in total. The lowest BCUT2D eigenvalue weighted by Gasteiger charge is -2.43. The van der Waals surface area contributed by atoms with Crippen LogP contribution in [0.3, 0.4) is 0 Å². The maximum absolute atomic E-state index is 15.3. The summed E-state index contributed by atoms with van der Waals surface area (Å²) in [6, 6.07) is 57.2. The Morgan fingerprint density at radius 1 is 0.274 bits per heavy atom. The number of allylic oxidation sites excluding steroid dienone is 4. The van der Waals surface area contributed by atoms with Gasteiger partial charge in [0.2, 0.25) is 45.5 Å². The zero-order valence-corrected chi connectivity index (χ0v) is 78.1. The number of aromatic hydroxyl groups is 2. The average Bonchev–Trinajstić information content (AvgIpc) is 0.912. The Morgan fingerprint density at radius 3 is 0.788 bits per heavy atom. The number of hydrogen-bond donors (Lipinski definition) is 2. The number of ether oxygens (including phenoxy) is 2. The Bertz CT molecular complexity index is 7330. The van der Waals surface area contributed by atoms with Crippen LogP contribution in [0.2, 0.25) is 0 Å². The van der Waals surface area contributed by atoms with Gasteiger partial charge in [-0.05, 0) is 180 Å². The minimum Gasteiger partial charge on any atom is -0.502 e. The monoisotopic (exact) mass is 1980 g/mol. The highest BCUT2D eigenvalue weighted by molar-refractivity contribution is 5.98. The fourth-order valence-corrected chi connectivity index (χ4v) is 19.4. The van der Waals surface area contributed by atoms with E-state index in [1.807, 2.05) is 97.1 Å². The quantitative estimate of drug-likeness (QED) is 0.0730. The summed E-state index contributed by atoms with van der Waals surface area (Å²) < 4.78 is 136. The first-order valence-corrected chi connectivity index (χ1v) is 47.1. The highest BCUT2D eigenvalue weighted by atomic mass is 19.2. The van der Waals surface area contributed by atoms with Gasteiger partial charge >= 0.3 is 0 Å². The average molecular weight is 1980 g/mol. The maximum Gasteiger partial charge on any atom is 0.278 e. The number of pyridine rings is 8. The molecule has 14 aromatic rings. The van der Waals surface area contributed by atoms with Crippen molar-refractivity contribution in [2.45, 2.75) is 88.7 Å². The zero-order chi connectivity index (χ0) is 102. The number of fused-ring (bicyclic) bond motifs is 20. The molecule has 8 aliphatic heterocycles. The molecule has 4 amide bonds. The summed E-state index contributed by atoms with van der Waals surface area (Å²) in [6.07, 6.45) is 24.4. The highest BCUT2D eigenvalue weighted by Gasteiger charge is 2.45. The molecule has 146 heavy (non-hydrogen) atoms. The highest BCUT2D eigenvalue weighted by Crippen LogP contribution is 2.42. The molecule has 8 bridgehead atoms. The number of nitrogens with zero attached hydrogens (tertiary/aromatic N) is 16. The molecule has 740 valence electrons. The first-order valence-electron chi connectivity index (χ1n) is 47.1. The minimum absolute atomic E-state index is 0.0390. The first-order chi connectivity index (χ1) is 70.9. The molecule has 0 fully saturated rings. The predicted octanol–water partition coefficient (Wildman–Crippen LogP) is 15.2. The van der Waals surface area contributed by atoms with E-state index < -0.39 is 105 Å². The van der Waals surface area contributed by atoms with Crippen molar-refractivity contribution in [2.75, 3.05) is 72.9 Å². The number of aromatic nitrogens is 8. The SMILES string of the molecule is O=C1c2c(O)c(=O)ccn2N2CN1C/C=C/CCc1c(F)cccc1[C@@H]2c1cccc(F)n1.O=C1c2c(O)c(=O)ccn2N2CN1C/C=C/CCc1c(F)cccc1[C@H]2c1cccc(F)n1.O=C1c2c(OCc3ccccc3)c(=O)ccn2N2CN1C/C=C/CCc1c(F)cccc1[C@@H]2c1cccc(F)n1.O=C1c2c(OCc3ccccc3)c(=O)ccn2N2CN1C/C=C/CCc1c(F)cccc1[C@H]2c1cccc(F)n1. The number of halogens is 8. The van der Waals surface area contributed by atoms with Crippen molar-refractivity contribution in [1.29, 1.82) is 0 Å². The molecule has 16 heterocycles. The van der Waals surface area contributed by atoms with Crippen LogP contribution >= 0.6 is 0 Å².